The Balaban J connectivity index is 1.92. The van der Waals surface area contributed by atoms with Gasteiger partial charge in [0.15, 0.2) is 23.7 Å². The molecule has 0 fully saturated rings. The monoisotopic (exact) mass is 390 g/mol. The summed E-state index contributed by atoms with van der Waals surface area (Å²) in [6.07, 6.45) is -2.50. The van der Waals surface area contributed by atoms with Crippen LogP contribution in [0.1, 0.15) is 31.1 Å². The Labute approximate surface area is 161 Å². The van der Waals surface area contributed by atoms with Crippen LogP contribution >= 0.6 is 0 Å². The molecule has 2 atom stereocenters. The summed E-state index contributed by atoms with van der Waals surface area (Å²) in [6, 6.07) is 6.61. The third-order valence-corrected chi connectivity index (χ3v) is 4.28. The molecule has 0 bridgehead atoms. The molecule has 2 aromatic rings. The largest absolute Gasteiger partial charge is 0.508 e. The van der Waals surface area contributed by atoms with Crippen LogP contribution < -0.4 is 4.74 Å². The van der Waals surface area contributed by atoms with Crippen molar-refractivity contribution in [2.75, 3.05) is 6.61 Å². The van der Waals surface area contributed by atoms with E-state index in [1.165, 1.54) is 30.3 Å². The number of ether oxygens (including phenoxy) is 3. The first-order chi connectivity index (χ1) is 13.2. The standard InChI is InChI=1S/C20H22O8/c1-10(2)9-26-20(25)28-18-8-13-15(23)6-12(21)7-17(13)27-19(18)11-3-4-14(22)16(24)5-11/h3-7,10,18-19,21-24H,8-9H2,1-2H3. The van der Waals surface area contributed by atoms with Gasteiger partial charge in [-0.25, -0.2) is 4.79 Å². The zero-order chi connectivity index (χ0) is 20.4. The van der Waals surface area contributed by atoms with Crippen molar-refractivity contribution in [1.82, 2.24) is 0 Å². The lowest BCUT2D eigenvalue weighted by molar-refractivity contribution is -0.0350. The molecule has 1 aliphatic rings. The number of hydrogen-bond donors (Lipinski definition) is 4. The van der Waals surface area contributed by atoms with Crippen molar-refractivity contribution in [3.63, 3.8) is 0 Å². The quantitative estimate of drug-likeness (QED) is 0.462. The molecule has 0 radical (unpaired) electrons. The van der Waals surface area contributed by atoms with Crippen molar-refractivity contribution < 1.29 is 39.4 Å². The van der Waals surface area contributed by atoms with Crippen LogP contribution in [0, 0.1) is 5.92 Å². The topological polar surface area (TPSA) is 126 Å². The molecule has 0 amide bonds. The van der Waals surface area contributed by atoms with E-state index < -0.39 is 18.4 Å². The number of fused-ring (bicyclic) bond motifs is 1. The highest BCUT2D eigenvalue weighted by molar-refractivity contribution is 5.61. The van der Waals surface area contributed by atoms with Crippen LogP contribution in [0.2, 0.25) is 0 Å². The lowest BCUT2D eigenvalue weighted by Gasteiger charge is -2.33. The first kappa shape index (κ1) is 19.5. The summed E-state index contributed by atoms with van der Waals surface area (Å²) in [6.45, 7) is 3.96. The van der Waals surface area contributed by atoms with Gasteiger partial charge in [0, 0.05) is 29.7 Å². The van der Waals surface area contributed by atoms with E-state index in [1.54, 1.807) is 0 Å². The summed E-state index contributed by atoms with van der Waals surface area (Å²) >= 11 is 0. The maximum absolute atomic E-state index is 12.1. The molecular weight excluding hydrogens is 368 g/mol. The van der Waals surface area contributed by atoms with Gasteiger partial charge in [-0.2, -0.15) is 0 Å². The van der Waals surface area contributed by atoms with Crippen LogP contribution in [0.15, 0.2) is 30.3 Å². The molecule has 0 aromatic heterocycles. The molecule has 0 saturated heterocycles. The number of aromatic hydroxyl groups is 4. The first-order valence-corrected chi connectivity index (χ1v) is 8.81. The van der Waals surface area contributed by atoms with Crippen molar-refractivity contribution >= 4 is 6.16 Å². The third-order valence-electron chi connectivity index (χ3n) is 4.28. The minimum atomic E-state index is -0.878. The second kappa shape index (κ2) is 7.75. The molecule has 0 aliphatic carbocycles. The fraction of sp³-hybridized carbons (Fsp3) is 0.350. The molecule has 28 heavy (non-hydrogen) atoms. The molecule has 0 spiro atoms. The minimum Gasteiger partial charge on any atom is -0.508 e. The van der Waals surface area contributed by atoms with Gasteiger partial charge in [-0.1, -0.05) is 19.9 Å². The second-order valence-corrected chi connectivity index (χ2v) is 7.04. The van der Waals surface area contributed by atoms with Gasteiger partial charge in [0.25, 0.3) is 0 Å². The van der Waals surface area contributed by atoms with Crippen molar-refractivity contribution in [1.29, 1.82) is 0 Å². The van der Waals surface area contributed by atoms with Gasteiger partial charge in [0.1, 0.15) is 17.2 Å². The number of hydrogen-bond acceptors (Lipinski definition) is 8. The molecule has 1 heterocycles. The minimum absolute atomic E-state index is 0.102. The van der Waals surface area contributed by atoms with E-state index in [0.29, 0.717) is 11.1 Å². The molecule has 150 valence electrons. The van der Waals surface area contributed by atoms with Gasteiger partial charge in [-0.3, -0.25) is 0 Å². The SMILES string of the molecule is CC(C)COC(=O)OC1Cc2c(O)cc(O)cc2OC1c1ccc(O)c(O)c1. The number of phenols is 4. The van der Waals surface area contributed by atoms with Gasteiger partial charge >= 0.3 is 6.16 Å². The van der Waals surface area contributed by atoms with Crippen molar-refractivity contribution in [3.8, 4) is 28.7 Å². The zero-order valence-electron chi connectivity index (χ0n) is 15.5. The summed E-state index contributed by atoms with van der Waals surface area (Å²) in [7, 11) is 0. The molecule has 0 saturated carbocycles. The molecular formula is C20H22O8. The predicted octanol–water partition coefficient (Wildman–Crippen LogP) is 3.36. The van der Waals surface area contributed by atoms with Gasteiger partial charge in [0.05, 0.1) is 6.61 Å². The fourth-order valence-electron chi connectivity index (χ4n) is 2.94. The number of carbonyl (C=O) groups is 1. The normalized spacial score (nSPS) is 18.2. The Morgan fingerprint density at radius 3 is 2.54 bits per heavy atom. The molecule has 2 aromatic carbocycles. The number of benzene rings is 2. The zero-order valence-corrected chi connectivity index (χ0v) is 15.5. The Morgan fingerprint density at radius 2 is 1.86 bits per heavy atom. The highest BCUT2D eigenvalue weighted by atomic mass is 16.7. The highest BCUT2D eigenvalue weighted by Gasteiger charge is 2.37. The van der Waals surface area contributed by atoms with Crippen LogP contribution in [0.25, 0.3) is 0 Å². The van der Waals surface area contributed by atoms with E-state index in [0.717, 1.165) is 0 Å². The summed E-state index contributed by atoms with van der Waals surface area (Å²) in [5.74, 6) is -0.667. The number of phenolic OH excluding ortho intramolecular Hbond substituents is 4. The summed E-state index contributed by atoms with van der Waals surface area (Å²) in [5.41, 5.74) is 0.809. The van der Waals surface area contributed by atoms with Crippen molar-refractivity contribution in [3.05, 3.63) is 41.5 Å². The van der Waals surface area contributed by atoms with Crippen LogP contribution in [0.3, 0.4) is 0 Å². The van der Waals surface area contributed by atoms with Gasteiger partial charge in [-0.05, 0) is 18.1 Å². The van der Waals surface area contributed by atoms with Crippen LogP contribution in [-0.4, -0.2) is 39.3 Å². The van der Waals surface area contributed by atoms with E-state index in [9.17, 15) is 25.2 Å². The number of carbonyl (C=O) groups excluding carboxylic acids is 1. The molecule has 1 aliphatic heterocycles. The molecule has 3 rings (SSSR count). The van der Waals surface area contributed by atoms with Gasteiger partial charge in [0.2, 0.25) is 0 Å². The molecule has 8 heteroatoms. The van der Waals surface area contributed by atoms with Gasteiger partial charge < -0.3 is 34.6 Å². The Hall–Kier alpha value is -3.29. The van der Waals surface area contributed by atoms with E-state index >= 15 is 0 Å². The van der Waals surface area contributed by atoms with Crippen LogP contribution in [-0.2, 0) is 15.9 Å². The van der Waals surface area contributed by atoms with Crippen LogP contribution in [0.4, 0.5) is 4.79 Å². The Morgan fingerprint density at radius 1 is 1.11 bits per heavy atom. The van der Waals surface area contributed by atoms with E-state index in [2.05, 4.69) is 0 Å². The molecule has 8 nitrogen and oxygen atoms in total. The predicted molar refractivity (Wildman–Crippen MR) is 97.7 cm³/mol. The van der Waals surface area contributed by atoms with Crippen molar-refractivity contribution in [2.24, 2.45) is 5.92 Å². The smallest absolute Gasteiger partial charge is 0.508 e. The first-order valence-electron chi connectivity index (χ1n) is 8.81. The summed E-state index contributed by atoms with van der Waals surface area (Å²) in [4.78, 5) is 12.1. The summed E-state index contributed by atoms with van der Waals surface area (Å²) in [5, 5.41) is 39.2. The maximum Gasteiger partial charge on any atom is 0.508 e. The fourth-order valence-corrected chi connectivity index (χ4v) is 2.94. The average molecular weight is 390 g/mol. The second-order valence-electron chi connectivity index (χ2n) is 7.04. The number of rotatable bonds is 4. The Kier molecular flexibility index (Phi) is 5.39. The maximum atomic E-state index is 12.1. The highest BCUT2D eigenvalue weighted by Crippen LogP contribution is 2.43. The Bertz CT molecular complexity index is 877. The van der Waals surface area contributed by atoms with Crippen molar-refractivity contribution in [2.45, 2.75) is 32.5 Å². The lowest BCUT2D eigenvalue weighted by Crippen LogP contribution is -2.35. The van der Waals surface area contributed by atoms with E-state index in [-0.39, 0.29) is 47.7 Å². The average Bonchev–Trinajstić information content (AvgIpc) is 2.62. The third kappa shape index (κ3) is 4.16. The van der Waals surface area contributed by atoms with E-state index in [1.807, 2.05) is 13.8 Å². The summed E-state index contributed by atoms with van der Waals surface area (Å²) < 4.78 is 16.3. The van der Waals surface area contributed by atoms with Crippen LogP contribution in [0.5, 0.6) is 28.7 Å². The molecule has 4 N–H and O–H groups in total. The lowest BCUT2D eigenvalue weighted by atomic mass is 9.93. The van der Waals surface area contributed by atoms with Gasteiger partial charge in [-0.15, -0.1) is 0 Å². The molecule has 2 unspecified atom stereocenters. The van der Waals surface area contributed by atoms with E-state index in [4.69, 9.17) is 14.2 Å².